The van der Waals surface area contributed by atoms with Crippen LogP contribution in [0.1, 0.15) is 29.5 Å². The number of aromatic nitrogens is 1. The van der Waals surface area contributed by atoms with Crippen LogP contribution < -0.4 is 4.90 Å². The molecule has 1 unspecified atom stereocenters. The van der Waals surface area contributed by atoms with Crippen molar-refractivity contribution in [3.8, 4) is 6.07 Å². The fourth-order valence-electron chi connectivity index (χ4n) is 4.08. The lowest BCUT2D eigenvalue weighted by Crippen LogP contribution is -2.46. The van der Waals surface area contributed by atoms with Gasteiger partial charge in [-0.2, -0.15) is 5.26 Å². The van der Waals surface area contributed by atoms with Gasteiger partial charge < -0.3 is 9.80 Å². The Kier molecular flexibility index (Phi) is 5.13. The molecule has 0 radical (unpaired) electrons. The predicted octanol–water partition coefficient (Wildman–Crippen LogP) is 3.52. The zero-order chi connectivity index (χ0) is 18.8. The highest BCUT2D eigenvalue weighted by atomic mass is 79.9. The number of hydrogen-bond donors (Lipinski definition) is 0. The van der Waals surface area contributed by atoms with Crippen molar-refractivity contribution in [3.63, 3.8) is 0 Å². The average Bonchev–Trinajstić information content (AvgIpc) is 2.72. The maximum absolute atomic E-state index is 13.2. The molecule has 3 heterocycles. The number of anilines is 1. The molecular weight excluding hydrogens is 404 g/mol. The molecule has 2 aliphatic heterocycles. The number of hydrogen-bond acceptors (Lipinski definition) is 4. The minimum atomic E-state index is -0.0407. The Bertz CT molecular complexity index is 907. The summed E-state index contributed by atoms with van der Waals surface area (Å²) in [5, 5.41) is 9.43. The second-order valence-electron chi connectivity index (χ2n) is 7.20. The van der Waals surface area contributed by atoms with E-state index in [-0.39, 0.29) is 11.8 Å². The molecule has 1 aromatic carbocycles. The number of piperidine rings is 1. The Labute approximate surface area is 167 Å². The first-order chi connectivity index (χ1) is 13.2. The van der Waals surface area contributed by atoms with E-state index >= 15 is 0 Å². The first kappa shape index (κ1) is 18.0. The molecule has 138 valence electrons. The van der Waals surface area contributed by atoms with Crippen LogP contribution in [0.2, 0.25) is 0 Å². The van der Waals surface area contributed by atoms with Crippen LogP contribution in [-0.2, 0) is 17.8 Å². The number of rotatable bonds is 2. The van der Waals surface area contributed by atoms with Gasteiger partial charge in [0.25, 0.3) is 0 Å². The quantitative estimate of drug-likeness (QED) is 0.739. The highest BCUT2D eigenvalue weighted by molar-refractivity contribution is 9.10. The Balaban J connectivity index is 1.49. The van der Waals surface area contributed by atoms with Gasteiger partial charge in [0, 0.05) is 36.8 Å². The minimum Gasteiger partial charge on any atom is -0.355 e. The van der Waals surface area contributed by atoms with E-state index in [1.54, 1.807) is 12.3 Å². The van der Waals surface area contributed by atoms with Crippen molar-refractivity contribution in [2.24, 2.45) is 5.92 Å². The third-order valence-corrected chi connectivity index (χ3v) is 5.90. The lowest BCUT2D eigenvalue weighted by Gasteiger charge is -2.37. The van der Waals surface area contributed by atoms with E-state index in [4.69, 9.17) is 0 Å². The highest BCUT2D eigenvalue weighted by Crippen LogP contribution is 2.28. The van der Waals surface area contributed by atoms with Gasteiger partial charge in [-0.3, -0.25) is 4.79 Å². The molecule has 2 aliphatic rings. The first-order valence-corrected chi connectivity index (χ1v) is 10.1. The molecule has 4 rings (SSSR count). The molecule has 2 aromatic rings. The number of nitriles is 1. The predicted molar refractivity (Wildman–Crippen MR) is 107 cm³/mol. The lowest BCUT2D eigenvalue weighted by atomic mass is 9.93. The average molecular weight is 425 g/mol. The number of halogens is 1. The van der Waals surface area contributed by atoms with Crippen LogP contribution in [0.5, 0.6) is 0 Å². The molecule has 27 heavy (non-hydrogen) atoms. The smallest absolute Gasteiger partial charge is 0.227 e. The van der Waals surface area contributed by atoms with Crippen molar-refractivity contribution in [1.82, 2.24) is 9.88 Å². The van der Waals surface area contributed by atoms with Crippen molar-refractivity contribution < 1.29 is 4.79 Å². The first-order valence-electron chi connectivity index (χ1n) is 9.32. The van der Waals surface area contributed by atoms with Crippen LogP contribution in [0.4, 0.5) is 5.82 Å². The van der Waals surface area contributed by atoms with Crippen LogP contribution in [-0.4, -0.2) is 35.4 Å². The van der Waals surface area contributed by atoms with E-state index in [1.165, 1.54) is 11.1 Å². The fraction of sp³-hybridized carbons (Fsp3) is 0.381. The van der Waals surface area contributed by atoms with E-state index in [0.717, 1.165) is 36.8 Å². The van der Waals surface area contributed by atoms with Gasteiger partial charge in [-0.15, -0.1) is 0 Å². The molecule has 1 fully saturated rings. The summed E-state index contributed by atoms with van der Waals surface area (Å²) >= 11 is 3.37. The second-order valence-corrected chi connectivity index (χ2v) is 8.12. The number of benzene rings is 1. The van der Waals surface area contributed by atoms with Gasteiger partial charge in [0.1, 0.15) is 11.9 Å². The summed E-state index contributed by atoms with van der Waals surface area (Å²) in [6, 6.07) is 12.4. The number of amides is 1. The molecule has 0 aliphatic carbocycles. The van der Waals surface area contributed by atoms with Crippen molar-refractivity contribution in [2.45, 2.75) is 25.8 Å². The Hall–Kier alpha value is -2.39. The van der Waals surface area contributed by atoms with Crippen molar-refractivity contribution in [1.29, 1.82) is 5.26 Å². The summed E-state index contributed by atoms with van der Waals surface area (Å²) in [6.07, 6.45) is 4.46. The molecule has 0 spiro atoms. The van der Waals surface area contributed by atoms with E-state index in [1.807, 2.05) is 11.0 Å². The van der Waals surface area contributed by atoms with E-state index in [0.29, 0.717) is 24.5 Å². The summed E-state index contributed by atoms with van der Waals surface area (Å²) in [6.45, 7) is 2.94. The number of carbonyl (C=O) groups excluding carboxylic acids is 1. The van der Waals surface area contributed by atoms with Gasteiger partial charge in [-0.05, 0) is 52.4 Å². The van der Waals surface area contributed by atoms with E-state index in [9.17, 15) is 10.1 Å². The summed E-state index contributed by atoms with van der Waals surface area (Å²) in [5.74, 6) is 0.869. The molecular formula is C21H21BrN4O. The molecule has 0 N–H and O–H groups in total. The molecule has 5 nitrogen and oxygen atoms in total. The van der Waals surface area contributed by atoms with Gasteiger partial charge in [0.05, 0.1) is 11.5 Å². The Morgan fingerprint density at radius 2 is 2.07 bits per heavy atom. The lowest BCUT2D eigenvalue weighted by molar-refractivity contribution is -0.136. The largest absolute Gasteiger partial charge is 0.355 e. The zero-order valence-electron chi connectivity index (χ0n) is 15.1. The summed E-state index contributed by atoms with van der Waals surface area (Å²) in [7, 11) is 0. The highest BCUT2D eigenvalue weighted by Gasteiger charge is 2.32. The number of fused-ring (bicyclic) bond motifs is 1. The Morgan fingerprint density at radius 3 is 2.89 bits per heavy atom. The Morgan fingerprint density at radius 1 is 1.26 bits per heavy atom. The molecule has 0 bridgehead atoms. The van der Waals surface area contributed by atoms with Crippen molar-refractivity contribution in [3.05, 3.63) is 57.7 Å². The SMILES string of the molecule is N#Cc1cc(Br)cnc1N1CCCC(C(=O)N2CCc3ccccc3C2)C1. The zero-order valence-corrected chi connectivity index (χ0v) is 16.7. The van der Waals surface area contributed by atoms with Gasteiger partial charge >= 0.3 is 0 Å². The molecule has 6 heteroatoms. The third-order valence-electron chi connectivity index (χ3n) is 5.47. The summed E-state index contributed by atoms with van der Waals surface area (Å²) in [5.41, 5.74) is 3.15. The van der Waals surface area contributed by atoms with Crippen molar-refractivity contribution >= 4 is 27.7 Å². The third kappa shape index (κ3) is 3.70. The summed E-state index contributed by atoms with van der Waals surface area (Å²) in [4.78, 5) is 21.7. The molecule has 1 atom stereocenters. The molecule has 0 saturated carbocycles. The van der Waals surface area contributed by atoms with E-state index < -0.39 is 0 Å². The van der Waals surface area contributed by atoms with Crippen LogP contribution in [0.3, 0.4) is 0 Å². The topological polar surface area (TPSA) is 60.2 Å². The standard InChI is InChI=1S/C21H21BrN4O/c22-19-10-18(11-23)20(24-12-19)25-8-3-6-17(14-25)21(27)26-9-7-15-4-1-2-5-16(15)13-26/h1-2,4-5,10,12,17H,3,6-9,13-14H2. The molecule has 1 aromatic heterocycles. The van der Waals surface area contributed by atoms with Crippen molar-refractivity contribution in [2.75, 3.05) is 24.5 Å². The number of nitrogens with zero attached hydrogens (tertiary/aromatic N) is 4. The summed E-state index contributed by atoms with van der Waals surface area (Å²) < 4.78 is 0.791. The maximum atomic E-state index is 13.2. The van der Waals surface area contributed by atoms with Gasteiger partial charge in [0.15, 0.2) is 0 Å². The fourth-order valence-corrected chi connectivity index (χ4v) is 4.41. The number of carbonyl (C=O) groups is 1. The van der Waals surface area contributed by atoms with Crippen LogP contribution in [0.15, 0.2) is 41.0 Å². The van der Waals surface area contributed by atoms with Gasteiger partial charge in [0.2, 0.25) is 5.91 Å². The van der Waals surface area contributed by atoms with Crippen LogP contribution in [0, 0.1) is 17.2 Å². The van der Waals surface area contributed by atoms with Crippen LogP contribution >= 0.6 is 15.9 Å². The molecule has 1 saturated heterocycles. The normalized spacial score (nSPS) is 19.3. The minimum absolute atomic E-state index is 0.0407. The monoisotopic (exact) mass is 424 g/mol. The molecule has 1 amide bonds. The van der Waals surface area contributed by atoms with E-state index in [2.05, 4.69) is 50.1 Å². The van der Waals surface area contributed by atoms with Crippen LogP contribution in [0.25, 0.3) is 0 Å². The maximum Gasteiger partial charge on any atom is 0.227 e. The van der Waals surface area contributed by atoms with Gasteiger partial charge in [-0.1, -0.05) is 24.3 Å². The van der Waals surface area contributed by atoms with Gasteiger partial charge in [-0.25, -0.2) is 4.98 Å². The second kappa shape index (κ2) is 7.69. The number of pyridine rings is 1.